The Morgan fingerprint density at radius 1 is 1.10 bits per heavy atom. The normalized spacial score (nSPS) is 18.1. The van der Waals surface area contributed by atoms with Gasteiger partial charge in [0.05, 0.1) is 6.04 Å². The summed E-state index contributed by atoms with van der Waals surface area (Å²) >= 11 is 0. The number of hydrogen-bond acceptors (Lipinski definition) is 3. The van der Waals surface area contributed by atoms with E-state index in [1.54, 1.807) is 0 Å². The molecule has 1 fully saturated rings. The lowest BCUT2D eigenvalue weighted by molar-refractivity contribution is 0.338. The zero-order valence-electron chi connectivity index (χ0n) is 12.0. The van der Waals surface area contributed by atoms with Crippen LogP contribution in [0.5, 0.6) is 0 Å². The predicted molar refractivity (Wildman–Crippen MR) is 79.4 cm³/mol. The van der Waals surface area contributed by atoms with E-state index >= 15 is 0 Å². The minimum Gasteiger partial charge on any atom is -0.318 e. The number of hydrogen-bond donors (Lipinski definition) is 1. The first-order valence-electron chi connectivity index (χ1n) is 7.49. The summed E-state index contributed by atoms with van der Waals surface area (Å²) in [5, 5.41) is 8.63. The van der Waals surface area contributed by atoms with E-state index in [-0.39, 0.29) is 6.04 Å². The average Bonchev–Trinajstić information content (AvgIpc) is 2.90. The van der Waals surface area contributed by atoms with Crippen LogP contribution in [0, 0.1) is 6.92 Å². The quantitative estimate of drug-likeness (QED) is 0.932. The van der Waals surface area contributed by atoms with Gasteiger partial charge in [-0.15, -0.1) is 10.2 Å². The molecule has 4 nitrogen and oxygen atoms in total. The summed E-state index contributed by atoms with van der Waals surface area (Å²) in [5.74, 6) is 1.89. The second-order valence-corrected chi connectivity index (χ2v) is 5.66. The maximum Gasteiger partial charge on any atom is 0.154 e. The van der Waals surface area contributed by atoms with Gasteiger partial charge >= 0.3 is 0 Å². The molecule has 0 aliphatic heterocycles. The van der Waals surface area contributed by atoms with E-state index in [0.29, 0.717) is 6.04 Å². The Kier molecular flexibility index (Phi) is 3.83. The van der Waals surface area contributed by atoms with Gasteiger partial charge in [0, 0.05) is 6.04 Å². The lowest BCUT2D eigenvalue weighted by Gasteiger charge is -2.26. The SMILES string of the molecule is Cc1nnc([C@H](N)c2ccccc2)n1C1CCCCC1. The lowest BCUT2D eigenvalue weighted by atomic mass is 9.94. The number of aromatic nitrogens is 3. The summed E-state index contributed by atoms with van der Waals surface area (Å²) < 4.78 is 2.27. The molecule has 1 aliphatic carbocycles. The van der Waals surface area contributed by atoms with E-state index in [1.165, 1.54) is 32.1 Å². The lowest BCUT2D eigenvalue weighted by Crippen LogP contribution is -2.23. The fourth-order valence-corrected chi connectivity index (χ4v) is 3.20. The molecular weight excluding hydrogens is 248 g/mol. The van der Waals surface area contributed by atoms with Crippen LogP contribution < -0.4 is 5.73 Å². The van der Waals surface area contributed by atoms with E-state index in [9.17, 15) is 0 Å². The van der Waals surface area contributed by atoms with Gasteiger partial charge in [0.15, 0.2) is 5.82 Å². The summed E-state index contributed by atoms with van der Waals surface area (Å²) in [5.41, 5.74) is 7.51. The first kappa shape index (κ1) is 13.3. The summed E-state index contributed by atoms with van der Waals surface area (Å²) in [6.07, 6.45) is 6.36. The van der Waals surface area contributed by atoms with E-state index < -0.39 is 0 Å². The van der Waals surface area contributed by atoms with Gasteiger partial charge in [0.1, 0.15) is 5.82 Å². The Hall–Kier alpha value is -1.68. The van der Waals surface area contributed by atoms with Gasteiger partial charge < -0.3 is 10.3 Å². The third kappa shape index (κ3) is 2.48. The van der Waals surface area contributed by atoms with E-state index in [4.69, 9.17) is 5.73 Å². The first-order chi connectivity index (χ1) is 9.77. The van der Waals surface area contributed by atoms with Crippen LogP contribution in [0.1, 0.15) is 61.4 Å². The van der Waals surface area contributed by atoms with Gasteiger partial charge in [-0.3, -0.25) is 0 Å². The second-order valence-electron chi connectivity index (χ2n) is 5.66. The van der Waals surface area contributed by atoms with Crippen LogP contribution >= 0.6 is 0 Å². The van der Waals surface area contributed by atoms with Gasteiger partial charge in [-0.05, 0) is 25.3 Å². The minimum atomic E-state index is -0.195. The summed E-state index contributed by atoms with van der Waals surface area (Å²) in [7, 11) is 0. The molecule has 0 saturated heterocycles. The molecule has 0 bridgehead atoms. The second kappa shape index (κ2) is 5.75. The topological polar surface area (TPSA) is 56.7 Å². The van der Waals surface area contributed by atoms with Crippen molar-refractivity contribution in [3.8, 4) is 0 Å². The standard InChI is InChI=1S/C16H22N4/c1-12-18-19-16(15(17)13-8-4-2-5-9-13)20(12)14-10-6-3-7-11-14/h2,4-5,8-9,14-15H,3,6-7,10-11,17H2,1H3/t15-/m1/s1. The molecule has 2 aromatic rings. The van der Waals surface area contributed by atoms with Crippen LogP contribution in [-0.4, -0.2) is 14.8 Å². The highest BCUT2D eigenvalue weighted by molar-refractivity contribution is 5.24. The molecule has 0 amide bonds. The van der Waals surface area contributed by atoms with Crippen molar-refractivity contribution in [3.63, 3.8) is 0 Å². The Balaban J connectivity index is 1.94. The van der Waals surface area contributed by atoms with E-state index in [1.807, 2.05) is 25.1 Å². The van der Waals surface area contributed by atoms with Crippen LogP contribution in [0.15, 0.2) is 30.3 Å². The van der Waals surface area contributed by atoms with Crippen molar-refractivity contribution < 1.29 is 0 Å². The van der Waals surface area contributed by atoms with Crippen LogP contribution in [0.4, 0.5) is 0 Å². The van der Waals surface area contributed by atoms with Crippen molar-refractivity contribution in [1.29, 1.82) is 0 Å². The van der Waals surface area contributed by atoms with Crippen LogP contribution in [0.2, 0.25) is 0 Å². The number of aryl methyl sites for hydroxylation is 1. The van der Waals surface area contributed by atoms with Crippen molar-refractivity contribution in [1.82, 2.24) is 14.8 Å². The van der Waals surface area contributed by atoms with E-state index in [0.717, 1.165) is 17.2 Å². The number of benzene rings is 1. The molecule has 4 heteroatoms. The Morgan fingerprint density at radius 2 is 1.80 bits per heavy atom. The fraction of sp³-hybridized carbons (Fsp3) is 0.500. The van der Waals surface area contributed by atoms with Crippen molar-refractivity contribution in [2.75, 3.05) is 0 Å². The van der Waals surface area contributed by atoms with Crippen LogP contribution in [0.25, 0.3) is 0 Å². The predicted octanol–water partition coefficient (Wildman–Crippen LogP) is 3.14. The molecule has 0 unspecified atom stereocenters. The summed E-state index contributed by atoms with van der Waals surface area (Å²) in [6, 6.07) is 10.5. The number of nitrogens with two attached hydrogens (primary N) is 1. The molecular formula is C16H22N4. The molecule has 20 heavy (non-hydrogen) atoms. The summed E-state index contributed by atoms with van der Waals surface area (Å²) in [4.78, 5) is 0. The third-order valence-electron chi connectivity index (χ3n) is 4.27. The maximum atomic E-state index is 6.41. The number of nitrogens with zero attached hydrogens (tertiary/aromatic N) is 3. The van der Waals surface area contributed by atoms with Crippen molar-refractivity contribution in [2.24, 2.45) is 5.73 Å². The molecule has 1 atom stereocenters. The van der Waals surface area contributed by atoms with Gasteiger partial charge in [0.25, 0.3) is 0 Å². The smallest absolute Gasteiger partial charge is 0.154 e. The molecule has 2 N–H and O–H groups in total. The van der Waals surface area contributed by atoms with Crippen molar-refractivity contribution >= 4 is 0 Å². The molecule has 1 aliphatic rings. The molecule has 106 valence electrons. The highest BCUT2D eigenvalue weighted by atomic mass is 15.3. The van der Waals surface area contributed by atoms with Gasteiger partial charge in [-0.2, -0.15) is 0 Å². The molecule has 1 heterocycles. The zero-order valence-corrected chi connectivity index (χ0v) is 12.0. The van der Waals surface area contributed by atoms with Gasteiger partial charge in [-0.25, -0.2) is 0 Å². The fourth-order valence-electron chi connectivity index (χ4n) is 3.20. The van der Waals surface area contributed by atoms with E-state index in [2.05, 4.69) is 26.9 Å². The monoisotopic (exact) mass is 270 g/mol. The largest absolute Gasteiger partial charge is 0.318 e. The molecule has 1 aromatic heterocycles. The number of rotatable bonds is 3. The van der Waals surface area contributed by atoms with Gasteiger partial charge in [0.2, 0.25) is 0 Å². The first-order valence-corrected chi connectivity index (χ1v) is 7.49. The molecule has 0 radical (unpaired) electrons. The maximum absolute atomic E-state index is 6.41. The highest BCUT2D eigenvalue weighted by Crippen LogP contribution is 2.31. The highest BCUT2D eigenvalue weighted by Gasteiger charge is 2.24. The minimum absolute atomic E-state index is 0.195. The Morgan fingerprint density at radius 3 is 2.50 bits per heavy atom. The summed E-state index contributed by atoms with van der Waals surface area (Å²) in [6.45, 7) is 2.03. The van der Waals surface area contributed by atoms with Crippen molar-refractivity contribution in [2.45, 2.75) is 51.1 Å². The van der Waals surface area contributed by atoms with Crippen LogP contribution in [-0.2, 0) is 0 Å². The van der Waals surface area contributed by atoms with Crippen LogP contribution in [0.3, 0.4) is 0 Å². The third-order valence-corrected chi connectivity index (χ3v) is 4.27. The average molecular weight is 270 g/mol. The molecule has 3 rings (SSSR count). The zero-order chi connectivity index (χ0) is 13.9. The Bertz CT molecular complexity index is 555. The molecule has 0 spiro atoms. The Labute approximate surface area is 120 Å². The molecule has 1 saturated carbocycles. The van der Waals surface area contributed by atoms with Crippen molar-refractivity contribution in [3.05, 3.63) is 47.5 Å². The van der Waals surface area contributed by atoms with Gasteiger partial charge in [-0.1, -0.05) is 49.6 Å². The molecule has 1 aromatic carbocycles.